The van der Waals surface area contributed by atoms with E-state index in [0.717, 1.165) is 102 Å². The Morgan fingerprint density at radius 1 is 0.410 bits per heavy atom. The summed E-state index contributed by atoms with van der Waals surface area (Å²) in [6, 6.07) is 70.1. The minimum Gasteiger partial charge on any atom is -0.456 e. The van der Waals surface area contributed by atoms with E-state index in [0.29, 0.717) is 5.92 Å². The molecule has 12 rings (SSSR count). The zero-order chi connectivity index (χ0) is 40.3. The van der Waals surface area contributed by atoms with Crippen molar-refractivity contribution < 1.29 is 8.83 Å². The van der Waals surface area contributed by atoms with E-state index in [-0.39, 0.29) is 0 Å². The molecule has 61 heavy (non-hydrogen) atoms. The summed E-state index contributed by atoms with van der Waals surface area (Å²) in [5.41, 5.74) is 15.1. The second-order valence-electron chi connectivity index (χ2n) is 16.2. The molecule has 290 valence electrons. The lowest BCUT2D eigenvalue weighted by atomic mass is 9.82. The Morgan fingerprint density at radius 2 is 1.03 bits per heavy atom. The van der Waals surface area contributed by atoms with Crippen LogP contribution in [0.25, 0.3) is 88.0 Å². The highest BCUT2D eigenvalue weighted by Gasteiger charge is 2.24. The number of benzene rings is 9. The zero-order valence-electron chi connectivity index (χ0n) is 33.6. The first-order chi connectivity index (χ1) is 30.3. The van der Waals surface area contributed by atoms with Crippen molar-refractivity contribution in [2.45, 2.75) is 25.2 Å². The molecule has 0 amide bonds. The second kappa shape index (κ2) is 14.6. The number of furan rings is 2. The van der Waals surface area contributed by atoms with E-state index in [1.54, 1.807) is 0 Å². The highest BCUT2D eigenvalue weighted by Crippen LogP contribution is 2.49. The lowest BCUT2D eigenvalue weighted by Crippen LogP contribution is -2.12. The Kier molecular flexibility index (Phi) is 8.45. The summed E-state index contributed by atoms with van der Waals surface area (Å²) < 4.78 is 12.8. The van der Waals surface area contributed by atoms with Gasteiger partial charge in [-0.2, -0.15) is 0 Å². The van der Waals surface area contributed by atoms with Crippen LogP contribution in [0, 0.1) is 0 Å². The molecule has 0 saturated carbocycles. The molecule has 1 aliphatic carbocycles. The lowest BCUT2D eigenvalue weighted by molar-refractivity contribution is 0.621. The van der Waals surface area contributed by atoms with Crippen molar-refractivity contribution in [1.29, 1.82) is 0 Å². The van der Waals surface area contributed by atoms with Crippen molar-refractivity contribution in [3.8, 4) is 33.4 Å². The number of fused-ring (bicyclic) bond motifs is 7. The maximum Gasteiger partial charge on any atom is 0.136 e. The van der Waals surface area contributed by atoms with Crippen LogP contribution < -0.4 is 4.90 Å². The number of hydrogen-bond acceptors (Lipinski definition) is 3. The Hall–Kier alpha value is -7.62. The minimum atomic E-state index is 0.477. The van der Waals surface area contributed by atoms with Crippen molar-refractivity contribution in [3.05, 3.63) is 212 Å². The van der Waals surface area contributed by atoms with Crippen molar-refractivity contribution in [1.82, 2.24) is 0 Å². The molecule has 0 fully saturated rings. The highest BCUT2D eigenvalue weighted by molar-refractivity contribution is 6.13. The largest absolute Gasteiger partial charge is 0.456 e. The van der Waals surface area contributed by atoms with Crippen LogP contribution >= 0.6 is 0 Å². The van der Waals surface area contributed by atoms with Crippen LogP contribution in [0.2, 0.25) is 0 Å². The van der Waals surface area contributed by atoms with Crippen LogP contribution in [-0.4, -0.2) is 0 Å². The molecule has 0 N–H and O–H groups in total. The first-order valence-corrected chi connectivity index (χ1v) is 21.3. The molecule has 2 heterocycles. The third-order valence-electron chi connectivity index (χ3n) is 12.7. The predicted octanol–water partition coefficient (Wildman–Crippen LogP) is 16.9. The highest BCUT2D eigenvalue weighted by atomic mass is 16.3. The molecule has 0 bridgehead atoms. The van der Waals surface area contributed by atoms with E-state index in [9.17, 15) is 0 Å². The van der Waals surface area contributed by atoms with Gasteiger partial charge in [0.1, 0.15) is 22.3 Å². The van der Waals surface area contributed by atoms with Gasteiger partial charge in [-0.3, -0.25) is 0 Å². The van der Waals surface area contributed by atoms with Gasteiger partial charge in [0.05, 0.1) is 11.4 Å². The van der Waals surface area contributed by atoms with Gasteiger partial charge < -0.3 is 13.7 Å². The molecule has 9 aromatic carbocycles. The summed E-state index contributed by atoms with van der Waals surface area (Å²) in [7, 11) is 0. The number of anilines is 3. The molecular formula is C58H41NO2. The van der Waals surface area contributed by atoms with E-state index in [1.165, 1.54) is 27.5 Å². The Morgan fingerprint density at radius 3 is 1.89 bits per heavy atom. The minimum absolute atomic E-state index is 0.477. The van der Waals surface area contributed by atoms with Gasteiger partial charge >= 0.3 is 0 Å². The average molecular weight is 784 g/mol. The van der Waals surface area contributed by atoms with Gasteiger partial charge in [0.25, 0.3) is 0 Å². The van der Waals surface area contributed by atoms with E-state index in [2.05, 4.69) is 193 Å². The maximum absolute atomic E-state index is 6.46. The second-order valence-corrected chi connectivity index (χ2v) is 16.2. The Labute approximate surface area is 354 Å². The quantitative estimate of drug-likeness (QED) is 0.151. The maximum atomic E-state index is 6.46. The van der Waals surface area contributed by atoms with Gasteiger partial charge in [-0.05, 0) is 118 Å². The number of para-hydroxylation sites is 4. The fourth-order valence-corrected chi connectivity index (χ4v) is 9.95. The molecule has 1 unspecified atom stereocenters. The van der Waals surface area contributed by atoms with E-state index in [1.807, 2.05) is 18.2 Å². The van der Waals surface area contributed by atoms with Gasteiger partial charge in [0.2, 0.25) is 0 Å². The fourth-order valence-electron chi connectivity index (χ4n) is 9.95. The summed E-state index contributed by atoms with van der Waals surface area (Å²) in [6.45, 7) is 0. The monoisotopic (exact) mass is 783 g/mol. The standard InChI is InChI=1S/C58H41NO2/c1-2-16-38(17-3-1)44-26-13-18-39-19-14-28-49(57(39)44)46-23-5-9-30-52(46)59(42-21-12-20-40(36-42)45-27-15-33-55-58(45)50-25-7-11-32-54(50)60-55)51-29-8-4-22-43(51)41-34-35-48-47-24-6-10-31-53(47)61-56(48)37-41/h1-2,4-15,18-38H,3,16-17H2. The number of allylic oxidation sites excluding steroid dienone is 2. The Bertz CT molecular complexity index is 3490. The summed E-state index contributed by atoms with van der Waals surface area (Å²) in [5, 5.41) is 7.10. The van der Waals surface area contributed by atoms with E-state index >= 15 is 0 Å². The molecule has 0 spiro atoms. The molecule has 2 aromatic heterocycles. The van der Waals surface area contributed by atoms with Crippen LogP contribution in [0.3, 0.4) is 0 Å². The molecule has 0 aliphatic heterocycles. The SMILES string of the molecule is C1=CCC(c2cccc3cccc(-c4ccccc4N(c4cccc(-c5cccc6oc7ccccc7c56)c4)c4ccccc4-c4ccc5c(c4)oc4ccccc45)c23)CC1. The van der Waals surface area contributed by atoms with Gasteiger partial charge in [-0.1, -0.05) is 152 Å². The summed E-state index contributed by atoms with van der Waals surface area (Å²) in [4.78, 5) is 2.47. The molecule has 0 saturated heterocycles. The van der Waals surface area contributed by atoms with Gasteiger partial charge in [-0.25, -0.2) is 0 Å². The van der Waals surface area contributed by atoms with Crippen molar-refractivity contribution >= 4 is 71.7 Å². The van der Waals surface area contributed by atoms with Crippen molar-refractivity contribution in [2.24, 2.45) is 0 Å². The van der Waals surface area contributed by atoms with Gasteiger partial charge in [0.15, 0.2) is 0 Å². The number of nitrogens with zero attached hydrogens (tertiary/aromatic N) is 1. The lowest BCUT2D eigenvalue weighted by Gasteiger charge is -2.31. The van der Waals surface area contributed by atoms with Crippen LogP contribution in [0.4, 0.5) is 17.1 Å². The summed E-state index contributed by atoms with van der Waals surface area (Å²) in [6.07, 6.45) is 8.04. The number of hydrogen-bond donors (Lipinski definition) is 0. The van der Waals surface area contributed by atoms with Gasteiger partial charge in [0, 0.05) is 38.4 Å². The topological polar surface area (TPSA) is 29.5 Å². The summed E-state index contributed by atoms with van der Waals surface area (Å²) >= 11 is 0. The van der Waals surface area contributed by atoms with E-state index < -0.39 is 0 Å². The third kappa shape index (κ3) is 5.96. The normalized spacial score (nSPS) is 14.1. The van der Waals surface area contributed by atoms with Crippen molar-refractivity contribution in [2.75, 3.05) is 4.90 Å². The molecule has 11 aromatic rings. The van der Waals surface area contributed by atoms with Crippen LogP contribution in [0.1, 0.15) is 30.7 Å². The van der Waals surface area contributed by atoms with Crippen LogP contribution in [0.5, 0.6) is 0 Å². The zero-order valence-corrected chi connectivity index (χ0v) is 33.6. The molecule has 1 aliphatic rings. The van der Waals surface area contributed by atoms with Crippen LogP contribution in [0.15, 0.2) is 215 Å². The first-order valence-electron chi connectivity index (χ1n) is 21.3. The Balaban J connectivity index is 1.10. The molecule has 3 heteroatoms. The smallest absolute Gasteiger partial charge is 0.136 e. The average Bonchev–Trinajstić information content (AvgIpc) is 3.90. The number of rotatable bonds is 7. The first kappa shape index (κ1) is 35.3. The molecule has 0 radical (unpaired) electrons. The fraction of sp³-hybridized carbons (Fsp3) is 0.0690. The third-order valence-corrected chi connectivity index (χ3v) is 12.7. The van der Waals surface area contributed by atoms with Gasteiger partial charge in [-0.15, -0.1) is 0 Å². The predicted molar refractivity (Wildman–Crippen MR) is 255 cm³/mol. The molecular weight excluding hydrogens is 743 g/mol. The molecule has 3 nitrogen and oxygen atoms in total. The molecule has 1 atom stereocenters. The van der Waals surface area contributed by atoms with Crippen molar-refractivity contribution in [3.63, 3.8) is 0 Å². The van der Waals surface area contributed by atoms with Crippen LogP contribution in [-0.2, 0) is 0 Å². The van der Waals surface area contributed by atoms with E-state index in [4.69, 9.17) is 8.83 Å². The summed E-state index contributed by atoms with van der Waals surface area (Å²) in [5.74, 6) is 0.477.